The Labute approximate surface area is 210 Å². The first kappa shape index (κ1) is 24.5. The van der Waals surface area contributed by atoms with E-state index in [-0.39, 0.29) is 24.3 Å². The van der Waals surface area contributed by atoms with Gasteiger partial charge in [-0.05, 0) is 36.4 Å². The Morgan fingerprint density at radius 2 is 1.26 bits per heavy atom. The second kappa shape index (κ2) is 11.7. The summed E-state index contributed by atoms with van der Waals surface area (Å²) in [4.78, 5) is 37.8. The van der Waals surface area contributed by atoms with E-state index in [1.807, 2.05) is 12.1 Å². The Morgan fingerprint density at radius 1 is 0.771 bits per heavy atom. The molecule has 35 heavy (non-hydrogen) atoms. The standard InChI is InChI=1S/C25H22N2O6S2/c28-22-20-13-7-8-14-21(20)31-15-25(22,34-16-32-23(29)26-18-9-3-1-4-10-18)35-17-33-24(30)27-19-11-5-2-6-12-19/h1-14H,15-17H2,(H,26,29)(H,27,30). The monoisotopic (exact) mass is 510 g/mol. The Morgan fingerprint density at radius 3 is 1.80 bits per heavy atom. The predicted octanol–water partition coefficient (Wildman–Crippen LogP) is 5.84. The molecule has 0 fully saturated rings. The average Bonchev–Trinajstić information content (AvgIpc) is 2.87. The molecule has 0 aromatic heterocycles. The molecule has 0 atom stereocenters. The first-order valence-corrected chi connectivity index (χ1v) is 12.5. The van der Waals surface area contributed by atoms with E-state index < -0.39 is 16.3 Å². The maximum Gasteiger partial charge on any atom is 0.412 e. The fourth-order valence-electron chi connectivity index (χ4n) is 3.19. The van der Waals surface area contributed by atoms with Crippen LogP contribution in [0.15, 0.2) is 84.9 Å². The lowest BCUT2D eigenvalue weighted by Gasteiger charge is -2.34. The Bertz CT molecular complexity index is 1120. The van der Waals surface area contributed by atoms with Gasteiger partial charge in [0.25, 0.3) is 0 Å². The first-order chi connectivity index (χ1) is 17.1. The second-order valence-corrected chi connectivity index (χ2v) is 9.94. The van der Waals surface area contributed by atoms with E-state index in [9.17, 15) is 14.4 Å². The number of hydrogen-bond acceptors (Lipinski definition) is 8. The van der Waals surface area contributed by atoms with Gasteiger partial charge in [0.05, 0.1) is 5.56 Å². The summed E-state index contributed by atoms with van der Waals surface area (Å²) in [7, 11) is 0. The third-order valence-corrected chi connectivity index (χ3v) is 7.62. The van der Waals surface area contributed by atoms with E-state index >= 15 is 0 Å². The SMILES string of the molecule is O=C(Nc1ccccc1)OCSC1(SCOC(=O)Nc2ccccc2)COc2ccccc2C1=O. The Hall–Kier alpha value is -3.63. The molecule has 1 aliphatic rings. The van der Waals surface area contributed by atoms with Crippen LogP contribution in [0, 0.1) is 0 Å². The number of ether oxygens (including phenoxy) is 3. The van der Waals surface area contributed by atoms with Crippen LogP contribution in [0.3, 0.4) is 0 Å². The van der Waals surface area contributed by atoms with Crippen LogP contribution in [0.4, 0.5) is 21.0 Å². The number of anilines is 2. The van der Waals surface area contributed by atoms with Gasteiger partial charge < -0.3 is 14.2 Å². The summed E-state index contributed by atoms with van der Waals surface area (Å²) in [5.41, 5.74) is 1.60. The van der Waals surface area contributed by atoms with Crippen molar-refractivity contribution in [3.8, 4) is 5.75 Å². The van der Waals surface area contributed by atoms with Gasteiger partial charge in [0.2, 0.25) is 0 Å². The van der Waals surface area contributed by atoms with Crippen molar-refractivity contribution in [1.82, 2.24) is 0 Å². The van der Waals surface area contributed by atoms with Gasteiger partial charge in [-0.25, -0.2) is 9.59 Å². The highest BCUT2D eigenvalue weighted by Crippen LogP contribution is 2.45. The van der Waals surface area contributed by atoms with Crippen LogP contribution >= 0.6 is 23.5 Å². The minimum atomic E-state index is -1.17. The van der Waals surface area contributed by atoms with Crippen molar-refractivity contribution in [2.45, 2.75) is 4.08 Å². The second-order valence-electron chi connectivity index (χ2n) is 7.24. The number of ketones is 1. The van der Waals surface area contributed by atoms with Crippen LogP contribution in [0.5, 0.6) is 5.75 Å². The summed E-state index contributed by atoms with van der Waals surface area (Å²) in [6, 6.07) is 24.7. The molecule has 4 rings (SSSR count). The van der Waals surface area contributed by atoms with Crippen LogP contribution in [0.25, 0.3) is 0 Å². The summed E-state index contributed by atoms with van der Waals surface area (Å²) in [6.45, 7) is 0.0194. The molecule has 2 amide bonds. The predicted molar refractivity (Wildman–Crippen MR) is 137 cm³/mol. The number of Topliss-reactive ketones (excluding diaryl/α,β-unsaturated/α-hetero) is 1. The van der Waals surface area contributed by atoms with E-state index in [0.717, 1.165) is 23.5 Å². The lowest BCUT2D eigenvalue weighted by atomic mass is 10.0. The van der Waals surface area contributed by atoms with Gasteiger partial charge in [-0.3, -0.25) is 15.4 Å². The highest BCUT2D eigenvalue weighted by molar-refractivity contribution is 8.19. The molecule has 0 saturated carbocycles. The molecule has 8 nitrogen and oxygen atoms in total. The van der Waals surface area contributed by atoms with Crippen LogP contribution in [0.2, 0.25) is 0 Å². The van der Waals surface area contributed by atoms with Crippen LogP contribution in [0.1, 0.15) is 10.4 Å². The molecule has 2 N–H and O–H groups in total. The molecule has 0 unspecified atom stereocenters. The van der Waals surface area contributed by atoms with E-state index in [4.69, 9.17) is 14.2 Å². The van der Waals surface area contributed by atoms with Crippen molar-refractivity contribution >= 4 is 52.9 Å². The number of fused-ring (bicyclic) bond motifs is 1. The zero-order valence-electron chi connectivity index (χ0n) is 18.5. The maximum absolute atomic E-state index is 13.4. The lowest BCUT2D eigenvalue weighted by molar-refractivity contribution is 0.0922. The zero-order chi connectivity index (χ0) is 24.5. The molecule has 0 radical (unpaired) electrons. The van der Waals surface area contributed by atoms with Gasteiger partial charge in [0.15, 0.2) is 9.86 Å². The van der Waals surface area contributed by atoms with Gasteiger partial charge in [-0.2, -0.15) is 0 Å². The Balaban J connectivity index is 1.38. The minimum Gasteiger partial charge on any atom is -0.490 e. The molecule has 10 heteroatoms. The van der Waals surface area contributed by atoms with Gasteiger partial charge in [-0.15, -0.1) is 0 Å². The molecule has 1 heterocycles. The van der Waals surface area contributed by atoms with E-state index in [2.05, 4.69) is 10.6 Å². The third-order valence-electron chi connectivity index (χ3n) is 4.90. The normalized spacial score (nSPS) is 13.7. The van der Waals surface area contributed by atoms with Crippen molar-refractivity contribution in [2.24, 2.45) is 0 Å². The number of benzene rings is 3. The molecular weight excluding hydrogens is 488 g/mol. The molecule has 180 valence electrons. The molecular formula is C25H22N2O6S2. The summed E-state index contributed by atoms with van der Waals surface area (Å²) in [5, 5.41) is 5.25. The molecule has 3 aromatic rings. The quantitative estimate of drug-likeness (QED) is 0.365. The largest absolute Gasteiger partial charge is 0.490 e. The molecule has 1 aliphatic heterocycles. The zero-order valence-corrected chi connectivity index (χ0v) is 20.1. The van der Waals surface area contributed by atoms with Crippen LogP contribution in [-0.4, -0.2) is 40.5 Å². The highest BCUT2D eigenvalue weighted by Gasteiger charge is 2.46. The number of rotatable bonds is 8. The van der Waals surface area contributed by atoms with Crippen molar-refractivity contribution in [3.63, 3.8) is 0 Å². The average molecular weight is 511 g/mol. The van der Waals surface area contributed by atoms with E-state index in [0.29, 0.717) is 22.7 Å². The van der Waals surface area contributed by atoms with Crippen molar-refractivity contribution in [2.75, 3.05) is 29.1 Å². The van der Waals surface area contributed by atoms with E-state index in [1.54, 1.807) is 72.8 Å². The van der Waals surface area contributed by atoms with Crippen molar-refractivity contribution in [1.29, 1.82) is 0 Å². The number of para-hydroxylation sites is 3. The van der Waals surface area contributed by atoms with Crippen LogP contribution in [-0.2, 0) is 9.47 Å². The van der Waals surface area contributed by atoms with E-state index in [1.165, 1.54) is 0 Å². The topological polar surface area (TPSA) is 103 Å². The molecule has 0 saturated heterocycles. The Kier molecular flexibility index (Phi) is 8.17. The van der Waals surface area contributed by atoms with Gasteiger partial charge in [0.1, 0.15) is 24.2 Å². The smallest absolute Gasteiger partial charge is 0.412 e. The maximum atomic E-state index is 13.4. The van der Waals surface area contributed by atoms with Crippen molar-refractivity contribution in [3.05, 3.63) is 90.5 Å². The van der Waals surface area contributed by atoms with Gasteiger partial charge in [0, 0.05) is 11.4 Å². The number of hydrogen-bond donors (Lipinski definition) is 2. The number of carbonyl (C=O) groups is 3. The fourth-order valence-corrected chi connectivity index (χ4v) is 5.29. The molecule has 0 aliphatic carbocycles. The van der Waals surface area contributed by atoms with Gasteiger partial charge in [-0.1, -0.05) is 72.1 Å². The highest BCUT2D eigenvalue weighted by atomic mass is 32.2. The number of amides is 2. The van der Waals surface area contributed by atoms with Crippen LogP contribution < -0.4 is 15.4 Å². The summed E-state index contributed by atoms with van der Waals surface area (Å²) in [6.07, 6.45) is -1.29. The number of thioether (sulfide) groups is 2. The number of carbonyl (C=O) groups excluding carboxylic acids is 3. The fraction of sp³-hybridized carbons (Fsp3) is 0.160. The summed E-state index contributed by atoms with van der Waals surface area (Å²) < 4.78 is 15.2. The van der Waals surface area contributed by atoms with Crippen molar-refractivity contribution < 1.29 is 28.6 Å². The minimum absolute atomic E-state index is 0.0194. The molecule has 0 spiro atoms. The summed E-state index contributed by atoms with van der Waals surface area (Å²) >= 11 is 2.21. The third kappa shape index (κ3) is 6.49. The summed E-state index contributed by atoms with van der Waals surface area (Å²) in [5.74, 6) is 0.0615. The first-order valence-electron chi connectivity index (χ1n) is 10.6. The molecule has 0 bridgehead atoms. The molecule has 3 aromatic carbocycles. The number of nitrogens with one attached hydrogen (secondary N) is 2. The van der Waals surface area contributed by atoms with Gasteiger partial charge >= 0.3 is 12.2 Å². The lowest BCUT2D eigenvalue weighted by Crippen LogP contribution is -2.43.